The minimum absolute atomic E-state index is 0.149. The highest BCUT2D eigenvalue weighted by molar-refractivity contribution is 4.79. The Hall–Kier alpha value is -0.120. The van der Waals surface area contributed by atoms with Gasteiger partial charge in [-0.05, 0) is 6.92 Å². The molecule has 1 saturated heterocycles. The van der Waals surface area contributed by atoms with Crippen molar-refractivity contribution < 1.29 is 10.2 Å². The van der Waals surface area contributed by atoms with Crippen LogP contribution in [0.15, 0.2) is 0 Å². The molecule has 3 nitrogen and oxygen atoms in total. The van der Waals surface area contributed by atoms with Crippen LogP contribution in [-0.2, 0) is 0 Å². The molecule has 0 bridgehead atoms. The molecule has 3 heteroatoms. The lowest BCUT2D eigenvalue weighted by Crippen LogP contribution is -2.52. The van der Waals surface area contributed by atoms with Crippen LogP contribution in [0.5, 0.6) is 0 Å². The van der Waals surface area contributed by atoms with E-state index in [1.54, 1.807) is 6.92 Å². The highest BCUT2D eigenvalue weighted by Crippen LogP contribution is 2.06. The van der Waals surface area contributed by atoms with Gasteiger partial charge in [0.2, 0.25) is 0 Å². The molecule has 1 unspecified atom stereocenters. The number of likely N-dealkylation sites (tertiary alicyclic amines) is 1. The van der Waals surface area contributed by atoms with E-state index in [4.69, 9.17) is 10.2 Å². The zero-order valence-electron chi connectivity index (χ0n) is 5.62. The molecule has 0 aromatic carbocycles. The van der Waals surface area contributed by atoms with Crippen LogP contribution in [0.2, 0.25) is 0 Å². The van der Waals surface area contributed by atoms with Crippen LogP contribution in [0.1, 0.15) is 6.92 Å². The summed E-state index contributed by atoms with van der Waals surface area (Å²) in [5, 5.41) is 17.7. The van der Waals surface area contributed by atoms with Gasteiger partial charge in [0.25, 0.3) is 0 Å². The first kappa shape index (κ1) is 6.99. The maximum atomic E-state index is 8.85. The van der Waals surface area contributed by atoms with E-state index in [1.165, 1.54) is 0 Å². The molecule has 1 rings (SSSR count). The second-order valence-electron chi connectivity index (χ2n) is 2.72. The van der Waals surface area contributed by atoms with Crippen molar-refractivity contribution >= 4 is 0 Å². The highest BCUT2D eigenvalue weighted by atomic mass is 16.3. The van der Waals surface area contributed by atoms with Crippen molar-refractivity contribution in [2.45, 2.75) is 19.1 Å². The predicted octanol–water partition coefficient (Wildman–Crippen LogP) is -0.956. The van der Waals surface area contributed by atoms with Gasteiger partial charge < -0.3 is 10.2 Å². The summed E-state index contributed by atoms with van der Waals surface area (Å²) in [6, 6.07) is 0. The van der Waals surface area contributed by atoms with Gasteiger partial charge in [-0.2, -0.15) is 0 Å². The summed E-state index contributed by atoms with van der Waals surface area (Å²) in [5.41, 5.74) is 0. The summed E-state index contributed by atoms with van der Waals surface area (Å²) in [6.45, 7) is 3.90. The average Bonchev–Trinajstić information content (AvgIpc) is 1.60. The van der Waals surface area contributed by atoms with Gasteiger partial charge in [-0.25, -0.2) is 0 Å². The maximum absolute atomic E-state index is 8.85. The molecule has 1 aliphatic heterocycles. The van der Waals surface area contributed by atoms with Gasteiger partial charge in [0, 0.05) is 19.6 Å². The third-order valence-corrected chi connectivity index (χ3v) is 1.46. The minimum Gasteiger partial charge on any atom is -0.392 e. The third kappa shape index (κ3) is 1.93. The zero-order valence-corrected chi connectivity index (χ0v) is 5.62. The molecule has 9 heavy (non-hydrogen) atoms. The summed E-state index contributed by atoms with van der Waals surface area (Å²) in [7, 11) is 0. The number of aliphatic hydroxyl groups excluding tert-OH is 2. The van der Waals surface area contributed by atoms with Crippen LogP contribution in [0.25, 0.3) is 0 Å². The predicted molar refractivity (Wildman–Crippen MR) is 34.1 cm³/mol. The zero-order chi connectivity index (χ0) is 6.85. The van der Waals surface area contributed by atoms with Crippen molar-refractivity contribution in [2.24, 2.45) is 0 Å². The lowest BCUT2D eigenvalue weighted by atomic mass is 10.1. The fourth-order valence-electron chi connectivity index (χ4n) is 1.07. The summed E-state index contributed by atoms with van der Waals surface area (Å²) in [5.74, 6) is 0. The van der Waals surface area contributed by atoms with Gasteiger partial charge >= 0.3 is 0 Å². The normalized spacial score (nSPS) is 25.7. The Kier molecular flexibility index (Phi) is 2.05. The van der Waals surface area contributed by atoms with Crippen molar-refractivity contribution in [2.75, 3.05) is 19.6 Å². The second kappa shape index (κ2) is 2.64. The summed E-state index contributed by atoms with van der Waals surface area (Å²) >= 11 is 0. The molecule has 0 saturated carbocycles. The molecular formula is C6H13NO2. The molecule has 0 aromatic rings. The van der Waals surface area contributed by atoms with Crippen LogP contribution in [0.4, 0.5) is 0 Å². The van der Waals surface area contributed by atoms with E-state index in [0.717, 1.165) is 13.1 Å². The third-order valence-electron chi connectivity index (χ3n) is 1.46. The van der Waals surface area contributed by atoms with Gasteiger partial charge in [-0.15, -0.1) is 0 Å². The number of rotatable bonds is 2. The standard InChI is InChI=1S/C6H13NO2/c1-5(8)2-7-3-6(9)4-7/h5-6,8-9H,2-4H2,1H3. The van der Waals surface area contributed by atoms with E-state index in [-0.39, 0.29) is 12.2 Å². The molecule has 0 aliphatic carbocycles. The molecule has 54 valence electrons. The number of hydrogen-bond donors (Lipinski definition) is 2. The Balaban J connectivity index is 2.04. The smallest absolute Gasteiger partial charge is 0.0793 e. The van der Waals surface area contributed by atoms with Gasteiger partial charge in [-0.1, -0.05) is 0 Å². The lowest BCUT2D eigenvalue weighted by molar-refractivity contribution is -0.0185. The molecule has 0 amide bonds. The molecule has 0 radical (unpaired) electrons. The molecule has 1 aliphatic rings. The van der Waals surface area contributed by atoms with Crippen molar-refractivity contribution in [1.29, 1.82) is 0 Å². The average molecular weight is 131 g/mol. The molecule has 0 aromatic heterocycles. The summed E-state index contributed by atoms with van der Waals surface area (Å²) in [4.78, 5) is 2.02. The molecule has 1 fully saturated rings. The number of hydrogen-bond acceptors (Lipinski definition) is 3. The van der Waals surface area contributed by atoms with Crippen LogP contribution < -0.4 is 0 Å². The van der Waals surface area contributed by atoms with Crippen molar-refractivity contribution in [3.63, 3.8) is 0 Å². The molecular weight excluding hydrogens is 118 g/mol. The van der Waals surface area contributed by atoms with Crippen LogP contribution in [0.3, 0.4) is 0 Å². The first-order valence-corrected chi connectivity index (χ1v) is 3.27. The Labute approximate surface area is 54.9 Å². The Morgan fingerprint density at radius 2 is 2.22 bits per heavy atom. The highest BCUT2D eigenvalue weighted by Gasteiger charge is 2.24. The Morgan fingerprint density at radius 3 is 2.56 bits per heavy atom. The van der Waals surface area contributed by atoms with Gasteiger partial charge in [0.15, 0.2) is 0 Å². The fourth-order valence-corrected chi connectivity index (χ4v) is 1.07. The quantitative estimate of drug-likeness (QED) is 0.507. The van der Waals surface area contributed by atoms with Crippen LogP contribution in [-0.4, -0.2) is 47.0 Å². The van der Waals surface area contributed by atoms with E-state index in [9.17, 15) is 0 Å². The molecule has 0 spiro atoms. The van der Waals surface area contributed by atoms with E-state index in [0.29, 0.717) is 6.54 Å². The summed E-state index contributed by atoms with van der Waals surface area (Å²) in [6.07, 6.45) is -0.416. The number of nitrogens with zero attached hydrogens (tertiary/aromatic N) is 1. The monoisotopic (exact) mass is 131 g/mol. The second-order valence-corrected chi connectivity index (χ2v) is 2.72. The molecule has 2 N–H and O–H groups in total. The van der Waals surface area contributed by atoms with Gasteiger partial charge in [0.05, 0.1) is 12.2 Å². The first-order valence-electron chi connectivity index (χ1n) is 3.27. The van der Waals surface area contributed by atoms with Crippen molar-refractivity contribution in [3.8, 4) is 0 Å². The lowest BCUT2D eigenvalue weighted by Gasteiger charge is -2.36. The van der Waals surface area contributed by atoms with Gasteiger partial charge in [-0.3, -0.25) is 4.90 Å². The SMILES string of the molecule is CC(O)CN1CC(O)C1. The first-order chi connectivity index (χ1) is 4.18. The minimum atomic E-state index is -0.266. The Morgan fingerprint density at radius 1 is 1.67 bits per heavy atom. The van der Waals surface area contributed by atoms with Crippen molar-refractivity contribution in [3.05, 3.63) is 0 Å². The van der Waals surface area contributed by atoms with E-state index in [1.807, 2.05) is 4.90 Å². The van der Waals surface area contributed by atoms with Crippen LogP contribution in [0, 0.1) is 0 Å². The number of aliphatic hydroxyl groups is 2. The molecule has 1 heterocycles. The van der Waals surface area contributed by atoms with E-state index >= 15 is 0 Å². The van der Waals surface area contributed by atoms with Crippen LogP contribution >= 0.6 is 0 Å². The largest absolute Gasteiger partial charge is 0.392 e. The topological polar surface area (TPSA) is 43.7 Å². The molecule has 1 atom stereocenters. The summed E-state index contributed by atoms with van der Waals surface area (Å²) < 4.78 is 0. The van der Waals surface area contributed by atoms with E-state index in [2.05, 4.69) is 0 Å². The Bertz CT molecular complexity index is 89.1. The fraction of sp³-hybridized carbons (Fsp3) is 1.00. The maximum Gasteiger partial charge on any atom is 0.0793 e. The van der Waals surface area contributed by atoms with Crippen molar-refractivity contribution in [1.82, 2.24) is 4.90 Å². The van der Waals surface area contributed by atoms with Gasteiger partial charge in [0.1, 0.15) is 0 Å². The van der Waals surface area contributed by atoms with E-state index < -0.39 is 0 Å². The number of β-amino-alcohol motifs (C(OH)–C–C–N with tert-alkyl or cyclic N) is 2.